The molecule has 1 rings (SSSR count). The molecule has 0 spiro atoms. The first-order valence-corrected chi connectivity index (χ1v) is 7.46. The van der Waals surface area contributed by atoms with Crippen molar-refractivity contribution in [2.24, 2.45) is 5.92 Å². The van der Waals surface area contributed by atoms with E-state index in [9.17, 15) is 4.79 Å². The summed E-state index contributed by atoms with van der Waals surface area (Å²) < 4.78 is 0.784. The van der Waals surface area contributed by atoms with Crippen LogP contribution in [0.1, 0.15) is 30.6 Å². The molecule has 1 aromatic carbocycles. The zero-order valence-electron chi connectivity index (χ0n) is 10.3. The van der Waals surface area contributed by atoms with E-state index in [1.807, 2.05) is 0 Å². The van der Waals surface area contributed by atoms with Gasteiger partial charge in [-0.1, -0.05) is 41.4 Å². The van der Waals surface area contributed by atoms with Gasteiger partial charge in [0, 0.05) is 27.0 Å². The highest BCUT2D eigenvalue weighted by atomic mass is 79.9. The van der Waals surface area contributed by atoms with Crippen LogP contribution in [0.25, 0.3) is 0 Å². The molecule has 0 radical (unpaired) electrons. The molecular weight excluding hydrogens is 337 g/mol. The van der Waals surface area contributed by atoms with Gasteiger partial charge in [0.25, 0.3) is 5.91 Å². The molecule has 1 atom stereocenters. The third-order valence-corrected chi connectivity index (χ3v) is 3.45. The lowest BCUT2D eigenvalue weighted by molar-refractivity contribution is 0.0936. The largest absolute Gasteiger partial charge is 0.348 e. The Morgan fingerprint density at radius 3 is 2.56 bits per heavy atom. The second-order valence-electron chi connectivity index (χ2n) is 4.61. The summed E-state index contributed by atoms with van der Waals surface area (Å²) in [6.07, 6.45) is 0.858. The molecule has 1 aromatic rings. The highest BCUT2D eigenvalue weighted by Crippen LogP contribution is 2.19. The lowest BCUT2D eigenvalue weighted by Gasteiger charge is -2.18. The van der Waals surface area contributed by atoms with Crippen molar-refractivity contribution >= 4 is 45.0 Å². The van der Waals surface area contributed by atoms with Gasteiger partial charge in [0.05, 0.1) is 0 Å². The summed E-state index contributed by atoms with van der Waals surface area (Å²) in [5.74, 6) is 0.746. The van der Waals surface area contributed by atoms with E-state index in [0.29, 0.717) is 22.4 Å². The molecule has 0 saturated carbocycles. The fourth-order valence-corrected chi connectivity index (χ4v) is 2.75. The Hall–Kier alpha value is -0.250. The predicted octanol–water partition coefficient (Wildman–Crippen LogP) is 4.49. The SMILES string of the molecule is CC(C)CC(CCl)NC(=O)c1cc(Cl)cc(Br)c1. The number of carbonyl (C=O) groups is 1. The number of hydrogen-bond donors (Lipinski definition) is 1. The Labute approximate surface area is 126 Å². The molecule has 0 heterocycles. The molecule has 2 nitrogen and oxygen atoms in total. The Balaban J connectivity index is 2.74. The molecule has 1 amide bonds. The molecule has 1 unspecified atom stereocenters. The van der Waals surface area contributed by atoms with Crippen molar-refractivity contribution in [2.75, 3.05) is 5.88 Å². The van der Waals surface area contributed by atoms with Gasteiger partial charge in [0.1, 0.15) is 0 Å². The maximum absolute atomic E-state index is 12.1. The van der Waals surface area contributed by atoms with Crippen molar-refractivity contribution in [1.29, 1.82) is 0 Å². The number of hydrogen-bond acceptors (Lipinski definition) is 1. The van der Waals surface area contributed by atoms with Crippen molar-refractivity contribution in [3.63, 3.8) is 0 Å². The van der Waals surface area contributed by atoms with Crippen molar-refractivity contribution in [1.82, 2.24) is 5.32 Å². The molecule has 0 aliphatic heterocycles. The van der Waals surface area contributed by atoms with Crippen LogP contribution in [0.2, 0.25) is 5.02 Å². The summed E-state index contributed by atoms with van der Waals surface area (Å²) in [5.41, 5.74) is 0.535. The molecule has 0 bridgehead atoms. The van der Waals surface area contributed by atoms with Crippen LogP contribution >= 0.6 is 39.1 Å². The van der Waals surface area contributed by atoms with E-state index in [1.54, 1.807) is 18.2 Å². The average molecular weight is 353 g/mol. The Morgan fingerprint density at radius 1 is 1.39 bits per heavy atom. The van der Waals surface area contributed by atoms with Gasteiger partial charge in [-0.2, -0.15) is 0 Å². The lowest BCUT2D eigenvalue weighted by Crippen LogP contribution is -2.37. The van der Waals surface area contributed by atoms with Crippen LogP contribution in [-0.4, -0.2) is 17.8 Å². The predicted molar refractivity (Wildman–Crippen MR) is 80.6 cm³/mol. The van der Waals surface area contributed by atoms with Crippen molar-refractivity contribution in [3.05, 3.63) is 33.3 Å². The summed E-state index contributed by atoms with van der Waals surface area (Å²) in [4.78, 5) is 12.1. The van der Waals surface area contributed by atoms with E-state index >= 15 is 0 Å². The molecule has 0 aliphatic rings. The van der Waals surface area contributed by atoms with E-state index in [1.165, 1.54) is 0 Å². The molecule has 0 saturated heterocycles. The molecule has 0 aromatic heterocycles. The van der Waals surface area contributed by atoms with Gasteiger partial charge in [0.15, 0.2) is 0 Å². The van der Waals surface area contributed by atoms with Crippen molar-refractivity contribution in [3.8, 4) is 0 Å². The average Bonchev–Trinajstić information content (AvgIpc) is 2.26. The molecular formula is C13H16BrCl2NO. The minimum Gasteiger partial charge on any atom is -0.348 e. The number of rotatable bonds is 5. The summed E-state index contributed by atoms with van der Waals surface area (Å²) in [7, 11) is 0. The highest BCUT2D eigenvalue weighted by molar-refractivity contribution is 9.10. The van der Waals surface area contributed by atoms with Gasteiger partial charge in [-0.3, -0.25) is 4.79 Å². The van der Waals surface area contributed by atoms with Crippen LogP contribution in [0.15, 0.2) is 22.7 Å². The number of benzene rings is 1. The second kappa shape index (κ2) is 7.37. The van der Waals surface area contributed by atoms with E-state index in [2.05, 4.69) is 35.1 Å². The first-order valence-electron chi connectivity index (χ1n) is 5.75. The third-order valence-electron chi connectivity index (χ3n) is 2.40. The van der Waals surface area contributed by atoms with Gasteiger partial charge < -0.3 is 5.32 Å². The van der Waals surface area contributed by atoms with Crippen LogP contribution in [0, 0.1) is 5.92 Å². The smallest absolute Gasteiger partial charge is 0.251 e. The van der Waals surface area contributed by atoms with E-state index in [4.69, 9.17) is 23.2 Å². The number of halogens is 3. The van der Waals surface area contributed by atoms with Gasteiger partial charge >= 0.3 is 0 Å². The lowest BCUT2D eigenvalue weighted by atomic mass is 10.0. The van der Waals surface area contributed by atoms with Crippen LogP contribution in [-0.2, 0) is 0 Å². The molecule has 1 N–H and O–H groups in total. The first kappa shape index (κ1) is 15.8. The summed E-state index contributed by atoms with van der Waals surface area (Å²) in [6.45, 7) is 4.20. The van der Waals surface area contributed by atoms with Gasteiger partial charge in [-0.25, -0.2) is 0 Å². The van der Waals surface area contributed by atoms with Crippen molar-refractivity contribution in [2.45, 2.75) is 26.3 Å². The van der Waals surface area contributed by atoms with Crippen LogP contribution < -0.4 is 5.32 Å². The van der Waals surface area contributed by atoms with Gasteiger partial charge in [-0.05, 0) is 30.5 Å². The Morgan fingerprint density at radius 2 is 2.06 bits per heavy atom. The van der Waals surface area contributed by atoms with E-state index < -0.39 is 0 Å². The quantitative estimate of drug-likeness (QED) is 0.777. The molecule has 5 heteroatoms. The molecule has 100 valence electrons. The minimum atomic E-state index is -0.149. The van der Waals surface area contributed by atoms with Gasteiger partial charge in [-0.15, -0.1) is 11.6 Å². The molecule has 18 heavy (non-hydrogen) atoms. The monoisotopic (exact) mass is 351 g/mol. The zero-order chi connectivity index (χ0) is 13.7. The number of amides is 1. The van der Waals surface area contributed by atoms with Crippen molar-refractivity contribution < 1.29 is 4.79 Å². The fourth-order valence-electron chi connectivity index (χ4n) is 1.68. The maximum atomic E-state index is 12.1. The van der Waals surface area contributed by atoms with Crippen LogP contribution in [0.5, 0.6) is 0 Å². The van der Waals surface area contributed by atoms with Crippen LogP contribution in [0.4, 0.5) is 0 Å². The second-order valence-corrected chi connectivity index (χ2v) is 6.27. The first-order chi connectivity index (χ1) is 8.42. The molecule has 0 aliphatic carbocycles. The number of nitrogens with one attached hydrogen (secondary N) is 1. The Bertz CT molecular complexity index is 403. The maximum Gasteiger partial charge on any atom is 0.251 e. The standard InChI is InChI=1S/C13H16BrCl2NO/c1-8(2)3-12(7-15)17-13(18)9-4-10(14)6-11(16)5-9/h4-6,8,12H,3,7H2,1-2H3,(H,17,18). The van der Waals surface area contributed by atoms with Crippen LogP contribution in [0.3, 0.4) is 0 Å². The van der Waals surface area contributed by atoms with E-state index in [0.717, 1.165) is 10.9 Å². The Kier molecular flexibility index (Phi) is 6.47. The summed E-state index contributed by atoms with van der Waals surface area (Å²) in [5, 5.41) is 3.45. The minimum absolute atomic E-state index is 0.0167. The number of alkyl halides is 1. The van der Waals surface area contributed by atoms with E-state index in [-0.39, 0.29) is 11.9 Å². The topological polar surface area (TPSA) is 29.1 Å². The zero-order valence-corrected chi connectivity index (χ0v) is 13.4. The third kappa shape index (κ3) is 5.17. The number of carbonyl (C=O) groups excluding carboxylic acids is 1. The fraction of sp³-hybridized carbons (Fsp3) is 0.462. The highest BCUT2D eigenvalue weighted by Gasteiger charge is 2.15. The summed E-state index contributed by atoms with van der Waals surface area (Å²) in [6, 6.07) is 5.10. The summed E-state index contributed by atoms with van der Waals surface area (Å²) >= 11 is 15.1. The molecule has 0 fully saturated rings. The van der Waals surface area contributed by atoms with Gasteiger partial charge in [0.2, 0.25) is 0 Å². The normalized spacial score (nSPS) is 12.6.